The topological polar surface area (TPSA) is 29.9 Å². The molecular formula is C14H26BrN3. The highest BCUT2D eigenvalue weighted by molar-refractivity contribution is 9.10. The van der Waals surface area contributed by atoms with Crippen molar-refractivity contribution in [1.82, 2.24) is 15.1 Å². The van der Waals surface area contributed by atoms with E-state index in [9.17, 15) is 0 Å². The average Bonchev–Trinajstić information content (AvgIpc) is 2.71. The molecule has 18 heavy (non-hydrogen) atoms. The maximum absolute atomic E-state index is 4.42. The molecule has 0 amide bonds. The van der Waals surface area contributed by atoms with Crippen LogP contribution in [0.3, 0.4) is 0 Å². The average molecular weight is 316 g/mol. The lowest BCUT2D eigenvalue weighted by molar-refractivity contribution is 0.414. The third kappa shape index (κ3) is 4.39. The Hall–Kier alpha value is -0.350. The SMILES string of the molecule is CCCNC(CCC(C)C)c1c(Br)cnn1CC. The van der Waals surface area contributed by atoms with Crippen molar-refractivity contribution in [2.75, 3.05) is 6.54 Å². The molecule has 0 aliphatic carbocycles. The van der Waals surface area contributed by atoms with Crippen LogP contribution in [-0.2, 0) is 6.54 Å². The van der Waals surface area contributed by atoms with Crippen molar-refractivity contribution in [3.05, 3.63) is 16.4 Å². The van der Waals surface area contributed by atoms with Crippen LogP contribution in [0.25, 0.3) is 0 Å². The van der Waals surface area contributed by atoms with Crippen molar-refractivity contribution in [3.8, 4) is 0 Å². The summed E-state index contributed by atoms with van der Waals surface area (Å²) in [5, 5.41) is 8.07. The van der Waals surface area contributed by atoms with Crippen molar-refractivity contribution in [3.63, 3.8) is 0 Å². The van der Waals surface area contributed by atoms with E-state index in [2.05, 4.69) is 58.7 Å². The van der Waals surface area contributed by atoms with E-state index >= 15 is 0 Å². The van der Waals surface area contributed by atoms with Gasteiger partial charge in [0.05, 0.1) is 22.4 Å². The molecule has 0 saturated heterocycles. The molecule has 104 valence electrons. The van der Waals surface area contributed by atoms with Crippen LogP contribution in [0.15, 0.2) is 10.7 Å². The van der Waals surface area contributed by atoms with Gasteiger partial charge in [0.15, 0.2) is 0 Å². The minimum Gasteiger partial charge on any atom is -0.309 e. The van der Waals surface area contributed by atoms with Gasteiger partial charge >= 0.3 is 0 Å². The number of rotatable bonds is 8. The van der Waals surface area contributed by atoms with Crippen LogP contribution in [-0.4, -0.2) is 16.3 Å². The first-order valence-corrected chi connectivity index (χ1v) is 7.84. The van der Waals surface area contributed by atoms with Crippen LogP contribution >= 0.6 is 15.9 Å². The van der Waals surface area contributed by atoms with Gasteiger partial charge in [-0.1, -0.05) is 20.8 Å². The van der Waals surface area contributed by atoms with Crippen LogP contribution in [0.5, 0.6) is 0 Å². The largest absolute Gasteiger partial charge is 0.309 e. The van der Waals surface area contributed by atoms with Gasteiger partial charge in [-0.2, -0.15) is 5.10 Å². The summed E-state index contributed by atoms with van der Waals surface area (Å²) < 4.78 is 3.22. The fourth-order valence-electron chi connectivity index (χ4n) is 2.12. The molecular weight excluding hydrogens is 290 g/mol. The molecule has 1 rings (SSSR count). The van der Waals surface area contributed by atoms with Crippen molar-refractivity contribution in [1.29, 1.82) is 0 Å². The van der Waals surface area contributed by atoms with Gasteiger partial charge in [-0.05, 0) is 54.6 Å². The van der Waals surface area contributed by atoms with Crippen LogP contribution < -0.4 is 5.32 Å². The fraction of sp³-hybridized carbons (Fsp3) is 0.786. The van der Waals surface area contributed by atoms with E-state index in [4.69, 9.17) is 0 Å². The summed E-state index contributed by atoms with van der Waals surface area (Å²) in [6.45, 7) is 10.9. The normalized spacial score (nSPS) is 13.2. The molecule has 3 nitrogen and oxygen atoms in total. The summed E-state index contributed by atoms with van der Waals surface area (Å²) in [5.41, 5.74) is 1.30. The van der Waals surface area contributed by atoms with Crippen molar-refractivity contribution < 1.29 is 0 Å². The second-order valence-corrected chi connectivity index (χ2v) is 6.03. The second kappa shape index (κ2) is 7.95. The highest BCUT2D eigenvalue weighted by Crippen LogP contribution is 2.27. The Morgan fingerprint density at radius 2 is 2.06 bits per heavy atom. The molecule has 1 unspecified atom stereocenters. The van der Waals surface area contributed by atoms with Crippen LogP contribution in [0.1, 0.15) is 58.7 Å². The van der Waals surface area contributed by atoms with E-state index in [0.717, 1.165) is 29.9 Å². The van der Waals surface area contributed by atoms with E-state index < -0.39 is 0 Å². The molecule has 0 aliphatic rings. The van der Waals surface area contributed by atoms with Gasteiger partial charge in [-0.3, -0.25) is 4.68 Å². The molecule has 1 heterocycles. The predicted molar refractivity (Wildman–Crippen MR) is 80.7 cm³/mol. The maximum atomic E-state index is 4.42. The minimum absolute atomic E-state index is 0.407. The Kier molecular flexibility index (Phi) is 6.94. The van der Waals surface area contributed by atoms with Crippen molar-refractivity contribution in [2.24, 2.45) is 5.92 Å². The highest BCUT2D eigenvalue weighted by Gasteiger charge is 2.19. The Balaban J connectivity index is 2.82. The molecule has 4 heteroatoms. The first-order valence-electron chi connectivity index (χ1n) is 7.04. The second-order valence-electron chi connectivity index (χ2n) is 5.17. The quantitative estimate of drug-likeness (QED) is 0.781. The Labute approximate surface area is 119 Å². The highest BCUT2D eigenvalue weighted by atomic mass is 79.9. The van der Waals surface area contributed by atoms with E-state index in [0.29, 0.717) is 6.04 Å². The number of nitrogens with one attached hydrogen (secondary N) is 1. The zero-order valence-corrected chi connectivity index (χ0v) is 13.6. The predicted octanol–water partition coefficient (Wildman–Crippen LogP) is 4.14. The third-order valence-electron chi connectivity index (χ3n) is 3.14. The summed E-state index contributed by atoms with van der Waals surface area (Å²) in [7, 11) is 0. The Morgan fingerprint density at radius 3 is 2.61 bits per heavy atom. The van der Waals surface area contributed by atoms with E-state index in [1.807, 2.05) is 6.20 Å². The van der Waals surface area contributed by atoms with Gasteiger partial charge in [-0.25, -0.2) is 0 Å². The lowest BCUT2D eigenvalue weighted by Crippen LogP contribution is -2.25. The molecule has 0 saturated carbocycles. The van der Waals surface area contributed by atoms with E-state index in [-0.39, 0.29) is 0 Å². The van der Waals surface area contributed by atoms with Crippen LogP contribution in [0.4, 0.5) is 0 Å². The summed E-state index contributed by atoms with van der Waals surface area (Å²) in [6, 6.07) is 0.407. The molecule has 0 spiro atoms. The van der Waals surface area contributed by atoms with Gasteiger partial charge < -0.3 is 5.32 Å². The van der Waals surface area contributed by atoms with Gasteiger partial charge in [0, 0.05) is 6.54 Å². The Bertz CT molecular complexity index is 347. The van der Waals surface area contributed by atoms with Crippen LogP contribution in [0, 0.1) is 5.92 Å². The first-order chi connectivity index (χ1) is 8.60. The molecule has 0 radical (unpaired) electrons. The smallest absolute Gasteiger partial charge is 0.0695 e. The van der Waals surface area contributed by atoms with Gasteiger partial charge in [0.1, 0.15) is 0 Å². The molecule has 0 aromatic carbocycles. The summed E-state index contributed by atoms with van der Waals surface area (Å²) in [4.78, 5) is 0. The third-order valence-corrected chi connectivity index (χ3v) is 3.75. The van der Waals surface area contributed by atoms with Gasteiger partial charge in [-0.15, -0.1) is 0 Å². The number of halogens is 1. The molecule has 1 N–H and O–H groups in total. The molecule has 0 aliphatic heterocycles. The Morgan fingerprint density at radius 1 is 1.33 bits per heavy atom. The van der Waals surface area contributed by atoms with Gasteiger partial charge in [0.25, 0.3) is 0 Å². The zero-order chi connectivity index (χ0) is 13.5. The zero-order valence-electron chi connectivity index (χ0n) is 12.0. The minimum atomic E-state index is 0.407. The maximum Gasteiger partial charge on any atom is 0.0695 e. The van der Waals surface area contributed by atoms with Crippen molar-refractivity contribution >= 4 is 15.9 Å². The summed E-state index contributed by atoms with van der Waals surface area (Å²) in [5.74, 6) is 0.743. The number of aryl methyl sites for hydroxylation is 1. The number of hydrogen-bond acceptors (Lipinski definition) is 2. The standard InChI is InChI=1S/C14H26BrN3/c1-5-9-16-13(8-7-11(3)4)14-12(15)10-17-18(14)6-2/h10-11,13,16H,5-9H2,1-4H3. The number of aromatic nitrogens is 2. The van der Waals surface area contributed by atoms with Crippen LogP contribution in [0.2, 0.25) is 0 Å². The lowest BCUT2D eigenvalue weighted by Gasteiger charge is -2.21. The van der Waals surface area contributed by atoms with E-state index in [1.54, 1.807) is 0 Å². The summed E-state index contributed by atoms with van der Waals surface area (Å²) >= 11 is 3.63. The molecule has 1 atom stereocenters. The number of hydrogen-bond donors (Lipinski definition) is 1. The lowest BCUT2D eigenvalue weighted by atomic mass is 10.0. The molecule has 1 aromatic heterocycles. The molecule has 0 fully saturated rings. The molecule has 1 aromatic rings. The summed E-state index contributed by atoms with van der Waals surface area (Å²) in [6.07, 6.45) is 5.48. The monoisotopic (exact) mass is 315 g/mol. The van der Waals surface area contributed by atoms with E-state index in [1.165, 1.54) is 18.5 Å². The molecule has 0 bridgehead atoms. The fourth-order valence-corrected chi connectivity index (χ4v) is 2.70. The van der Waals surface area contributed by atoms with Crippen molar-refractivity contribution in [2.45, 2.75) is 59.5 Å². The van der Waals surface area contributed by atoms with Gasteiger partial charge in [0.2, 0.25) is 0 Å². The number of nitrogens with zero attached hydrogens (tertiary/aromatic N) is 2. The first kappa shape index (κ1) is 15.7.